The minimum Gasteiger partial charge on any atom is -0.330 e. The van der Waals surface area contributed by atoms with Crippen molar-refractivity contribution in [1.82, 2.24) is 19.6 Å². The van der Waals surface area contributed by atoms with Crippen LogP contribution in [0.4, 0.5) is 5.69 Å². The molecule has 0 bridgehead atoms. The first-order valence-electron chi connectivity index (χ1n) is 12.3. The molecule has 0 unspecified atom stereocenters. The number of nitrogens with one attached hydrogen (secondary N) is 1. The van der Waals surface area contributed by atoms with Crippen LogP contribution in [0.3, 0.4) is 0 Å². The average molecular weight is 491 g/mol. The lowest BCUT2D eigenvalue weighted by Gasteiger charge is -2.33. The smallest absolute Gasteiger partial charge is 0.257 e. The third-order valence-electron chi connectivity index (χ3n) is 7.20. The van der Waals surface area contributed by atoms with Crippen LogP contribution < -0.4 is 5.32 Å². The zero-order valence-corrected chi connectivity index (χ0v) is 21.8. The Morgan fingerprint density at radius 2 is 2.00 bits per heavy atom. The van der Waals surface area contributed by atoms with Crippen molar-refractivity contribution in [1.29, 1.82) is 5.26 Å². The molecule has 4 rings (SSSR count). The second kappa shape index (κ2) is 9.08. The number of para-hydroxylation sites is 1. The zero-order valence-electron chi connectivity index (χ0n) is 21.8. The molecule has 1 fully saturated rings. The van der Waals surface area contributed by atoms with Gasteiger partial charge in [-0.15, -0.1) is 0 Å². The SMILES string of the molecule is CC(C)C[C@@H](C(=O)N1C[C@]2(C[C@H]1C#N)C(=O)Nc1ccccc12)N(C)C(=O)c1cnn(C(C)(C)C)c1. The van der Waals surface area contributed by atoms with Crippen LogP contribution >= 0.6 is 0 Å². The molecule has 1 aromatic carbocycles. The van der Waals surface area contributed by atoms with Crippen molar-refractivity contribution in [3.05, 3.63) is 47.8 Å². The Morgan fingerprint density at radius 3 is 2.61 bits per heavy atom. The van der Waals surface area contributed by atoms with E-state index in [1.165, 1.54) is 16.0 Å². The number of carbonyl (C=O) groups is 3. The summed E-state index contributed by atoms with van der Waals surface area (Å²) in [6.07, 6.45) is 3.86. The van der Waals surface area contributed by atoms with Gasteiger partial charge in [0.25, 0.3) is 5.91 Å². The second-order valence-corrected chi connectivity index (χ2v) is 11.3. The topological polar surface area (TPSA) is 111 Å². The first kappa shape index (κ1) is 25.4. The molecule has 3 atom stereocenters. The molecule has 9 heteroatoms. The van der Waals surface area contributed by atoms with Crippen LogP contribution in [0.2, 0.25) is 0 Å². The van der Waals surface area contributed by atoms with Gasteiger partial charge in [-0.3, -0.25) is 19.1 Å². The summed E-state index contributed by atoms with van der Waals surface area (Å²) < 4.78 is 1.72. The highest BCUT2D eigenvalue weighted by atomic mass is 16.2. The number of nitriles is 1. The van der Waals surface area contributed by atoms with Gasteiger partial charge >= 0.3 is 0 Å². The van der Waals surface area contributed by atoms with E-state index >= 15 is 0 Å². The fourth-order valence-corrected chi connectivity index (χ4v) is 5.19. The molecule has 36 heavy (non-hydrogen) atoms. The Morgan fingerprint density at radius 1 is 1.31 bits per heavy atom. The van der Waals surface area contributed by atoms with Crippen molar-refractivity contribution in [2.45, 2.75) is 70.5 Å². The number of aromatic nitrogens is 2. The van der Waals surface area contributed by atoms with Gasteiger partial charge in [0.2, 0.25) is 11.8 Å². The summed E-state index contributed by atoms with van der Waals surface area (Å²) in [5.41, 5.74) is 0.672. The minimum absolute atomic E-state index is 0.103. The molecule has 0 aliphatic carbocycles. The molecule has 2 aliphatic heterocycles. The normalized spacial score (nSPS) is 21.9. The number of benzene rings is 1. The monoisotopic (exact) mass is 490 g/mol. The zero-order chi connectivity index (χ0) is 26.4. The molecule has 1 saturated heterocycles. The van der Waals surface area contributed by atoms with Gasteiger partial charge in [-0.1, -0.05) is 32.0 Å². The van der Waals surface area contributed by atoms with Gasteiger partial charge in [-0.2, -0.15) is 10.4 Å². The number of amides is 3. The predicted molar refractivity (Wildman–Crippen MR) is 135 cm³/mol. The first-order chi connectivity index (χ1) is 16.9. The summed E-state index contributed by atoms with van der Waals surface area (Å²) in [5, 5.41) is 17.2. The summed E-state index contributed by atoms with van der Waals surface area (Å²) in [7, 11) is 1.62. The van der Waals surface area contributed by atoms with Gasteiger partial charge < -0.3 is 15.1 Å². The molecule has 1 N–H and O–H groups in total. The van der Waals surface area contributed by atoms with Crippen molar-refractivity contribution in [3.8, 4) is 6.07 Å². The van der Waals surface area contributed by atoms with E-state index in [0.29, 0.717) is 12.0 Å². The van der Waals surface area contributed by atoms with Crippen molar-refractivity contribution in [2.24, 2.45) is 5.92 Å². The molecule has 9 nitrogen and oxygen atoms in total. The summed E-state index contributed by atoms with van der Waals surface area (Å²) in [4.78, 5) is 43.5. The number of likely N-dealkylation sites (tertiary alicyclic amines) is 1. The van der Waals surface area contributed by atoms with Crippen molar-refractivity contribution < 1.29 is 14.4 Å². The van der Waals surface area contributed by atoms with Gasteiger partial charge in [0.15, 0.2) is 0 Å². The number of anilines is 1. The van der Waals surface area contributed by atoms with E-state index in [0.717, 1.165) is 11.3 Å². The van der Waals surface area contributed by atoms with Gasteiger partial charge in [-0.05, 0) is 44.7 Å². The lowest BCUT2D eigenvalue weighted by atomic mass is 9.80. The van der Waals surface area contributed by atoms with Crippen molar-refractivity contribution in [2.75, 3.05) is 18.9 Å². The van der Waals surface area contributed by atoms with Crippen molar-refractivity contribution in [3.63, 3.8) is 0 Å². The molecule has 190 valence electrons. The molecule has 1 spiro atoms. The third kappa shape index (κ3) is 4.25. The maximum atomic E-state index is 14.0. The number of fused-ring (bicyclic) bond motifs is 2. The van der Waals surface area contributed by atoms with Crippen LogP contribution in [0.25, 0.3) is 0 Å². The van der Waals surface area contributed by atoms with Crippen LogP contribution in [-0.4, -0.2) is 63.0 Å². The van der Waals surface area contributed by atoms with E-state index in [1.807, 2.05) is 58.9 Å². The maximum absolute atomic E-state index is 14.0. The Balaban J connectivity index is 1.64. The van der Waals surface area contributed by atoms with Crippen molar-refractivity contribution >= 4 is 23.4 Å². The van der Waals surface area contributed by atoms with Gasteiger partial charge in [0, 0.05) is 31.9 Å². The number of nitrogens with zero attached hydrogens (tertiary/aromatic N) is 5. The average Bonchev–Trinajstić information content (AvgIpc) is 3.53. The van der Waals surface area contributed by atoms with E-state index in [1.54, 1.807) is 17.9 Å². The molecule has 1 aromatic heterocycles. The lowest BCUT2D eigenvalue weighted by Crippen LogP contribution is -2.52. The number of hydrogen-bond acceptors (Lipinski definition) is 5. The number of likely N-dealkylation sites (N-methyl/N-ethyl adjacent to an activating group) is 1. The van der Waals surface area contributed by atoms with E-state index in [-0.39, 0.29) is 42.1 Å². The maximum Gasteiger partial charge on any atom is 0.257 e. The van der Waals surface area contributed by atoms with Crippen LogP contribution in [0.15, 0.2) is 36.7 Å². The first-order valence-corrected chi connectivity index (χ1v) is 12.3. The minimum atomic E-state index is -0.967. The molecular formula is C27H34N6O3. The highest BCUT2D eigenvalue weighted by Gasteiger charge is 2.56. The van der Waals surface area contributed by atoms with Crippen LogP contribution in [0.5, 0.6) is 0 Å². The van der Waals surface area contributed by atoms with Crippen LogP contribution in [-0.2, 0) is 20.5 Å². The molecule has 0 saturated carbocycles. The Labute approximate surface area is 212 Å². The summed E-state index contributed by atoms with van der Waals surface area (Å²) in [5.74, 6) is -0.697. The highest BCUT2D eigenvalue weighted by molar-refractivity contribution is 6.07. The fraction of sp³-hybridized carbons (Fsp3) is 0.519. The largest absolute Gasteiger partial charge is 0.330 e. The molecule has 3 heterocycles. The Bertz CT molecular complexity index is 1240. The van der Waals surface area contributed by atoms with E-state index in [4.69, 9.17) is 0 Å². The Hall–Kier alpha value is -3.67. The highest BCUT2D eigenvalue weighted by Crippen LogP contribution is 2.46. The summed E-state index contributed by atoms with van der Waals surface area (Å²) >= 11 is 0. The summed E-state index contributed by atoms with van der Waals surface area (Å²) in [6.45, 7) is 10.1. The molecular weight excluding hydrogens is 456 g/mol. The Kier molecular flexibility index (Phi) is 6.41. The molecule has 2 aromatic rings. The molecule has 3 amide bonds. The molecule has 2 aliphatic rings. The number of rotatable bonds is 5. The van der Waals surface area contributed by atoms with E-state index in [9.17, 15) is 19.6 Å². The van der Waals surface area contributed by atoms with Crippen LogP contribution in [0, 0.1) is 17.2 Å². The van der Waals surface area contributed by atoms with E-state index in [2.05, 4.69) is 16.5 Å². The van der Waals surface area contributed by atoms with E-state index < -0.39 is 17.5 Å². The lowest BCUT2D eigenvalue weighted by molar-refractivity contribution is -0.136. The third-order valence-corrected chi connectivity index (χ3v) is 7.20. The van der Waals surface area contributed by atoms with Gasteiger partial charge in [0.05, 0.1) is 28.8 Å². The predicted octanol–water partition coefficient (Wildman–Crippen LogP) is 3.14. The van der Waals surface area contributed by atoms with Gasteiger partial charge in [0.1, 0.15) is 12.1 Å². The quantitative estimate of drug-likeness (QED) is 0.692. The summed E-state index contributed by atoms with van der Waals surface area (Å²) in [6, 6.07) is 8.11. The second-order valence-electron chi connectivity index (χ2n) is 11.3. The number of carbonyl (C=O) groups excluding carboxylic acids is 3. The van der Waals surface area contributed by atoms with Gasteiger partial charge in [-0.25, -0.2) is 0 Å². The fourth-order valence-electron chi connectivity index (χ4n) is 5.19. The molecule has 0 radical (unpaired) electrons. The van der Waals surface area contributed by atoms with Crippen LogP contribution in [0.1, 0.15) is 63.4 Å². The number of hydrogen-bond donors (Lipinski definition) is 1. The standard InChI is InChI=1S/C27H34N6O3/c1-17(2)11-22(31(6)23(34)18-14-29-33(15-18)26(3,4)5)24(35)32-16-27(12-19(32)13-28)20-9-7-8-10-21(20)30-25(27)36/h7-10,14-15,17,19,22H,11-12,16H2,1-6H3,(H,30,36)/t19-,22-,27-/m0/s1.